The van der Waals surface area contributed by atoms with Crippen molar-refractivity contribution in [2.45, 2.75) is 19.7 Å². The minimum absolute atomic E-state index is 0.186. The fraction of sp³-hybridized carbons (Fsp3) is 0.231. The molecular weight excluding hydrogens is 273 g/mol. The van der Waals surface area contributed by atoms with E-state index in [4.69, 9.17) is 0 Å². The van der Waals surface area contributed by atoms with Crippen LogP contribution in [0.5, 0.6) is 5.75 Å². The lowest BCUT2D eigenvalue weighted by molar-refractivity contribution is -0.274. The summed E-state index contributed by atoms with van der Waals surface area (Å²) in [5.41, 5.74) is 0.550. The number of alkyl halides is 3. The van der Waals surface area contributed by atoms with E-state index in [0.717, 1.165) is 12.1 Å². The van der Waals surface area contributed by atoms with Gasteiger partial charge in [0.1, 0.15) is 5.75 Å². The van der Waals surface area contributed by atoms with Crippen molar-refractivity contribution in [3.8, 4) is 11.4 Å². The molecular formula is C13H11F3N2O2. The van der Waals surface area contributed by atoms with E-state index in [2.05, 4.69) is 9.84 Å². The lowest BCUT2D eigenvalue weighted by Gasteiger charge is -2.13. The van der Waals surface area contributed by atoms with Crippen molar-refractivity contribution in [1.82, 2.24) is 9.78 Å². The average molecular weight is 284 g/mol. The summed E-state index contributed by atoms with van der Waals surface area (Å²) >= 11 is 0. The van der Waals surface area contributed by atoms with Gasteiger partial charge in [-0.3, -0.25) is 4.79 Å². The summed E-state index contributed by atoms with van der Waals surface area (Å²) in [6.45, 7) is 1.68. The van der Waals surface area contributed by atoms with Crippen molar-refractivity contribution >= 4 is 5.78 Å². The van der Waals surface area contributed by atoms with Gasteiger partial charge in [0.25, 0.3) is 0 Å². The van der Waals surface area contributed by atoms with Gasteiger partial charge in [-0.1, -0.05) is 6.92 Å². The number of nitrogens with zero attached hydrogens (tertiary/aromatic N) is 2. The molecule has 1 aromatic heterocycles. The standard InChI is InChI=1S/C13H11F3N2O2/c1-2-12(19)10-5-4-9(20-13(14,15)16)8-11(10)18-7-3-6-17-18/h3-8H,2H2,1H3. The summed E-state index contributed by atoms with van der Waals surface area (Å²) < 4.78 is 41.9. The molecule has 0 saturated heterocycles. The molecule has 1 heterocycles. The molecule has 0 spiro atoms. The van der Waals surface area contributed by atoms with E-state index in [0.29, 0.717) is 5.56 Å². The molecule has 0 aliphatic heterocycles. The van der Waals surface area contributed by atoms with Crippen LogP contribution in [-0.2, 0) is 0 Å². The third-order valence-corrected chi connectivity index (χ3v) is 2.58. The number of carbonyl (C=O) groups is 1. The summed E-state index contributed by atoms with van der Waals surface area (Å²) in [7, 11) is 0. The van der Waals surface area contributed by atoms with Gasteiger partial charge in [0, 0.05) is 30.4 Å². The van der Waals surface area contributed by atoms with Crippen LogP contribution < -0.4 is 4.74 Å². The Balaban J connectivity index is 2.48. The third kappa shape index (κ3) is 3.17. The maximum Gasteiger partial charge on any atom is 0.573 e. The van der Waals surface area contributed by atoms with Gasteiger partial charge in [-0.15, -0.1) is 13.2 Å². The van der Waals surface area contributed by atoms with E-state index in [-0.39, 0.29) is 17.9 Å². The van der Waals surface area contributed by atoms with E-state index in [1.165, 1.54) is 16.9 Å². The van der Waals surface area contributed by atoms with Gasteiger partial charge in [-0.05, 0) is 18.2 Å². The first-order valence-electron chi connectivity index (χ1n) is 5.83. The van der Waals surface area contributed by atoms with Gasteiger partial charge in [-0.25, -0.2) is 4.68 Å². The summed E-state index contributed by atoms with van der Waals surface area (Å²) in [4.78, 5) is 11.8. The topological polar surface area (TPSA) is 44.1 Å². The summed E-state index contributed by atoms with van der Waals surface area (Å²) in [6.07, 6.45) is -1.53. The fourth-order valence-electron chi connectivity index (χ4n) is 1.74. The smallest absolute Gasteiger partial charge is 0.406 e. The number of carbonyl (C=O) groups excluding carboxylic acids is 1. The van der Waals surface area contributed by atoms with Gasteiger partial charge in [0.2, 0.25) is 0 Å². The van der Waals surface area contributed by atoms with Crippen molar-refractivity contribution in [1.29, 1.82) is 0 Å². The Morgan fingerprint density at radius 2 is 2.15 bits per heavy atom. The lowest BCUT2D eigenvalue weighted by atomic mass is 10.1. The Hall–Kier alpha value is -2.31. The lowest BCUT2D eigenvalue weighted by Crippen LogP contribution is -2.17. The van der Waals surface area contributed by atoms with Gasteiger partial charge < -0.3 is 4.74 Å². The molecule has 0 atom stereocenters. The zero-order chi connectivity index (χ0) is 14.8. The number of ether oxygens (including phenoxy) is 1. The summed E-state index contributed by atoms with van der Waals surface area (Å²) in [6, 6.07) is 5.17. The van der Waals surface area contributed by atoms with Crippen LogP contribution in [0, 0.1) is 0 Å². The molecule has 4 nitrogen and oxygen atoms in total. The molecule has 0 radical (unpaired) electrons. The van der Waals surface area contributed by atoms with E-state index < -0.39 is 12.1 Å². The van der Waals surface area contributed by atoms with Gasteiger partial charge in [0.15, 0.2) is 5.78 Å². The number of aromatic nitrogens is 2. The van der Waals surface area contributed by atoms with Crippen LogP contribution in [0.3, 0.4) is 0 Å². The van der Waals surface area contributed by atoms with Crippen LogP contribution in [0.2, 0.25) is 0 Å². The molecule has 0 bridgehead atoms. The molecule has 7 heteroatoms. The van der Waals surface area contributed by atoms with Crippen LogP contribution in [0.25, 0.3) is 5.69 Å². The highest BCUT2D eigenvalue weighted by Crippen LogP contribution is 2.27. The molecule has 0 fully saturated rings. The fourth-order valence-corrected chi connectivity index (χ4v) is 1.74. The van der Waals surface area contributed by atoms with E-state index in [1.54, 1.807) is 19.2 Å². The summed E-state index contributed by atoms with van der Waals surface area (Å²) in [5, 5.41) is 3.93. The Labute approximate surface area is 112 Å². The first-order valence-corrected chi connectivity index (χ1v) is 5.83. The van der Waals surface area contributed by atoms with Crippen LogP contribution >= 0.6 is 0 Å². The van der Waals surface area contributed by atoms with Crippen LogP contribution in [0.15, 0.2) is 36.7 Å². The molecule has 0 aliphatic carbocycles. The second-order valence-electron chi connectivity index (χ2n) is 3.95. The minimum atomic E-state index is -4.78. The van der Waals surface area contributed by atoms with E-state index in [9.17, 15) is 18.0 Å². The maximum absolute atomic E-state index is 12.2. The maximum atomic E-state index is 12.2. The van der Waals surface area contributed by atoms with Gasteiger partial charge in [0.05, 0.1) is 5.69 Å². The van der Waals surface area contributed by atoms with Crippen LogP contribution in [0.4, 0.5) is 13.2 Å². The number of hydrogen-bond acceptors (Lipinski definition) is 3. The van der Waals surface area contributed by atoms with E-state index >= 15 is 0 Å². The third-order valence-electron chi connectivity index (χ3n) is 2.58. The second-order valence-corrected chi connectivity index (χ2v) is 3.95. The van der Waals surface area contributed by atoms with Crippen molar-refractivity contribution in [2.75, 3.05) is 0 Å². The average Bonchev–Trinajstić information content (AvgIpc) is 2.89. The SMILES string of the molecule is CCC(=O)c1ccc(OC(F)(F)F)cc1-n1cccn1. The van der Waals surface area contributed by atoms with Crippen molar-refractivity contribution in [3.63, 3.8) is 0 Å². The number of hydrogen-bond donors (Lipinski definition) is 0. The predicted octanol–water partition coefficient (Wildman–Crippen LogP) is 3.36. The molecule has 0 unspecified atom stereocenters. The monoisotopic (exact) mass is 284 g/mol. The van der Waals surface area contributed by atoms with Crippen LogP contribution in [0.1, 0.15) is 23.7 Å². The van der Waals surface area contributed by atoms with Crippen molar-refractivity contribution < 1.29 is 22.7 Å². The first kappa shape index (κ1) is 14.1. The van der Waals surface area contributed by atoms with Crippen LogP contribution in [-0.4, -0.2) is 21.9 Å². The Bertz CT molecular complexity index is 607. The van der Waals surface area contributed by atoms with Gasteiger partial charge in [-0.2, -0.15) is 5.10 Å². The normalized spacial score (nSPS) is 11.4. The number of ketones is 1. The number of benzene rings is 1. The Morgan fingerprint density at radius 1 is 1.40 bits per heavy atom. The zero-order valence-corrected chi connectivity index (χ0v) is 10.5. The molecule has 106 valence electrons. The number of rotatable bonds is 4. The predicted molar refractivity (Wildman–Crippen MR) is 64.9 cm³/mol. The zero-order valence-electron chi connectivity index (χ0n) is 10.5. The molecule has 2 aromatic rings. The molecule has 0 N–H and O–H groups in total. The van der Waals surface area contributed by atoms with Crippen molar-refractivity contribution in [3.05, 3.63) is 42.2 Å². The molecule has 20 heavy (non-hydrogen) atoms. The highest BCUT2D eigenvalue weighted by atomic mass is 19.4. The van der Waals surface area contributed by atoms with Crippen molar-refractivity contribution in [2.24, 2.45) is 0 Å². The molecule has 1 aromatic carbocycles. The second kappa shape index (κ2) is 5.36. The van der Waals surface area contributed by atoms with Gasteiger partial charge >= 0.3 is 6.36 Å². The highest BCUT2D eigenvalue weighted by molar-refractivity contribution is 5.99. The van der Waals surface area contributed by atoms with E-state index in [1.807, 2.05) is 0 Å². The number of halogens is 3. The molecule has 2 rings (SSSR count). The minimum Gasteiger partial charge on any atom is -0.406 e. The highest BCUT2D eigenvalue weighted by Gasteiger charge is 2.31. The quantitative estimate of drug-likeness (QED) is 0.809. The molecule has 0 amide bonds. The molecule has 0 saturated carbocycles. The number of Topliss-reactive ketones (excluding diaryl/α,β-unsaturated/α-hetero) is 1. The largest absolute Gasteiger partial charge is 0.573 e. The first-order chi connectivity index (χ1) is 9.40. The Kier molecular flexibility index (Phi) is 3.78. The molecule has 0 aliphatic rings. The Morgan fingerprint density at radius 3 is 2.70 bits per heavy atom. The summed E-state index contributed by atoms with van der Waals surface area (Å²) in [5.74, 6) is -0.579.